The third-order valence-electron chi connectivity index (χ3n) is 4.97. The summed E-state index contributed by atoms with van der Waals surface area (Å²) in [6.07, 6.45) is 5.65. The molecule has 2 aromatic rings. The van der Waals surface area contributed by atoms with E-state index in [9.17, 15) is 9.59 Å². The SMILES string of the molecule is CC(NC(=O)c1cccc(NC(=O)NC2CCCCC2)c1)c1ccccc1. The number of anilines is 1. The molecule has 1 fully saturated rings. The van der Waals surface area contributed by atoms with Gasteiger partial charge < -0.3 is 16.0 Å². The highest BCUT2D eigenvalue weighted by Gasteiger charge is 2.16. The molecule has 5 heteroatoms. The van der Waals surface area contributed by atoms with Crippen LogP contribution in [0.15, 0.2) is 54.6 Å². The molecule has 0 saturated heterocycles. The van der Waals surface area contributed by atoms with Crippen molar-refractivity contribution in [1.82, 2.24) is 10.6 Å². The highest BCUT2D eigenvalue weighted by molar-refractivity contribution is 5.97. The van der Waals surface area contributed by atoms with Gasteiger partial charge in [0.1, 0.15) is 0 Å². The zero-order chi connectivity index (χ0) is 19.1. The highest BCUT2D eigenvalue weighted by atomic mass is 16.2. The number of carbonyl (C=O) groups is 2. The summed E-state index contributed by atoms with van der Waals surface area (Å²) < 4.78 is 0. The Kier molecular flexibility index (Phi) is 6.47. The number of urea groups is 1. The minimum atomic E-state index is -0.211. The molecule has 0 heterocycles. The van der Waals surface area contributed by atoms with Crippen LogP contribution in [0.2, 0.25) is 0 Å². The lowest BCUT2D eigenvalue weighted by atomic mass is 9.96. The number of amides is 3. The van der Waals surface area contributed by atoms with Crippen LogP contribution in [0.1, 0.15) is 61.0 Å². The molecular formula is C22H27N3O2. The van der Waals surface area contributed by atoms with Crippen LogP contribution in [0.25, 0.3) is 0 Å². The molecule has 0 aromatic heterocycles. The molecule has 1 atom stereocenters. The molecule has 1 aliphatic rings. The molecule has 2 aromatic carbocycles. The summed E-state index contributed by atoms with van der Waals surface area (Å²) in [6, 6.07) is 16.8. The molecule has 5 nitrogen and oxygen atoms in total. The van der Waals surface area contributed by atoms with Gasteiger partial charge in [-0.25, -0.2) is 4.79 Å². The summed E-state index contributed by atoms with van der Waals surface area (Å²) in [6.45, 7) is 1.95. The Morgan fingerprint density at radius 2 is 1.70 bits per heavy atom. The first-order valence-electron chi connectivity index (χ1n) is 9.65. The summed E-state index contributed by atoms with van der Waals surface area (Å²) in [5.74, 6) is -0.164. The van der Waals surface area contributed by atoms with Crippen LogP contribution < -0.4 is 16.0 Å². The Balaban J connectivity index is 1.57. The zero-order valence-electron chi connectivity index (χ0n) is 15.7. The average molecular weight is 365 g/mol. The summed E-state index contributed by atoms with van der Waals surface area (Å²) >= 11 is 0. The zero-order valence-corrected chi connectivity index (χ0v) is 15.7. The van der Waals surface area contributed by atoms with Crippen LogP contribution >= 0.6 is 0 Å². The van der Waals surface area contributed by atoms with Gasteiger partial charge >= 0.3 is 6.03 Å². The van der Waals surface area contributed by atoms with E-state index in [1.165, 1.54) is 19.3 Å². The summed E-state index contributed by atoms with van der Waals surface area (Å²) in [5, 5.41) is 8.85. The molecule has 0 aliphatic heterocycles. The lowest BCUT2D eigenvalue weighted by Crippen LogP contribution is -2.39. The molecule has 1 unspecified atom stereocenters. The van der Waals surface area contributed by atoms with Crippen molar-refractivity contribution in [1.29, 1.82) is 0 Å². The Labute approximate surface area is 160 Å². The normalized spacial score (nSPS) is 15.6. The number of rotatable bonds is 5. The minimum Gasteiger partial charge on any atom is -0.346 e. The van der Waals surface area contributed by atoms with Gasteiger partial charge in [0.2, 0.25) is 0 Å². The Bertz CT molecular complexity index is 770. The van der Waals surface area contributed by atoms with E-state index < -0.39 is 0 Å². The summed E-state index contributed by atoms with van der Waals surface area (Å²) in [7, 11) is 0. The number of hydrogen-bond acceptors (Lipinski definition) is 2. The third-order valence-corrected chi connectivity index (χ3v) is 4.97. The van der Waals surface area contributed by atoms with Crippen LogP contribution in [0, 0.1) is 0 Å². The Morgan fingerprint density at radius 1 is 0.963 bits per heavy atom. The maximum absolute atomic E-state index is 12.5. The largest absolute Gasteiger partial charge is 0.346 e. The van der Waals surface area contributed by atoms with Crippen molar-refractivity contribution in [2.24, 2.45) is 0 Å². The monoisotopic (exact) mass is 365 g/mol. The molecule has 3 amide bonds. The average Bonchev–Trinajstić information content (AvgIpc) is 2.69. The van der Waals surface area contributed by atoms with Gasteiger partial charge in [-0.2, -0.15) is 0 Å². The molecule has 0 radical (unpaired) electrons. The van der Waals surface area contributed by atoms with Crippen molar-refractivity contribution in [2.45, 2.75) is 51.1 Å². The van der Waals surface area contributed by atoms with Crippen LogP contribution in [0.4, 0.5) is 10.5 Å². The van der Waals surface area contributed by atoms with Crippen molar-refractivity contribution < 1.29 is 9.59 Å². The topological polar surface area (TPSA) is 70.2 Å². The lowest BCUT2D eigenvalue weighted by molar-refractivity contribution is 0.0940. The second-order valence-corrected chi connectivity index (χ2v) is 7.12. The molecular weight excluding hydrogens is 338 g/mol. The number of benzene rings is 2. The molecule has 1 saturated carbocycles. The molecule has 1 aliphatic carbocycles. The quantitative estimate of drug-likeness (QED) is 0.723. The molecule has 0 spiro atoms. The maximum Gasteiger partial charge on any atom is 0.319 e. The fourth-order valence-electron chi connectivity index (χ4n) is 3.44. The molecule has 3 N–H and O–H groups in total. The van der Waals surface area contributed by atoms with Crippen molar-refractivity contribution >= 4 is 17.6 Å². The van der Waals surface area contributed by atoms with Gasteiger partial charge in [-0.1, -0.05) is 55.7 Å². The van der Waals surface area contributed by atoms with Gasteiger partial charge in [-0.3, -0.25) is 4.79 Å². The van der Waals surface area contributed by atoms with Crippen molar-refractivity contribution in [3.05, 3.63) is 65.7 Å². The number of nitrogens with one attached hydrogen (secondary N) is 3. The standard InChI is InChI=1S/C22H27N3O2/c1-16(17-9-4-2-5-10-17)23-21(26)18-11-8-14-20(15-18)25-22(27)24-19-12-6-3-7-13-19/h2,4-5,8-11,14-16,19H,3,6-7,12-13H2,1H3,(H,23,26)(H2,24,25,27). The lowest BCUT2D eigenvalue weighted by Gasteiger charge is -2.23. The number of carbonyl (C=O) groups excluding carboxylic acids is 2. The highest BCUT2D eigenvalue weighted by Crippen LogP contribution is 2.18. The minimum absolute atomic E-state index is 0.0927. The maximum atomic E-state index is 12.5. The van der Waals surface area contributed by atoms with E-state index in [1.807, 2.05) is 37.3 Å². The third kappa shape index (κ3) is 5.58. The molecule has 0 bridgehead atoms. The van der Waals surface area contributed by atoms with Crippen LogP contribution in [-0.2, 0) is 0 Å². The molecule has 142 valence electrons. The van der Waals surface area contributed by atoms with E-state index in [2.05, 4.69) is 16.0 Å². The second-order valence-electron chi connectivity index (χ2n) is 7.12. The molecule has 27 heavy (non-hydrogen) atoms. The first-order valence-corrected chi connectivity index (χ1v) is 9.65. The number of hydrogen-bond donors (Lipinski definition) is 3. The van der Waals surface area contributed by atoms with Crippen molar-refractivity contribution in [3.8, 4) is 0 Å². The smallest absolute Gasteiger partial charge is 0.319 e. The Morgan fingerprint density at radius 3 is 2.44 bits per heavy atom. The van der Waals surface area contributed by atoms with E-state index >= 15 is 0 Å². The second kappa shape index (κ2) is 9.21. The van der Waals surface area contributed by atoms with Crippen LogP contribution in [0.3, 0.4) is 0 Å². The van der Waals surface area contributed by atoms with Gasteiger partial charge in [0.05, 0.1) is 6.04 Å². The van der Waals surface area contributed by atoms with Gasteiger partial charge in [0.15, 0.2) is 0 Å². The Hall–Kier alpha value is -2.82. The molecule has 3 rings (SSSR count). The first kappa shape index (κ1) is 19.0. The van der Waals surface area contributed by atoms with Gasteiger partial charge in [0, 0.05) is 17.3 Å². The first-order chi connectivity index (χ1) is 13.1. The fourth-order valence-corrected chi connectivity index (χ4v) is 3.44. The predicted octanol–water partition coefficient (Wildman–Crippen LogP) is 4.63. The van der Waals surface area contributed by atoms with Crippen LogP contribution in [0.5, 0.6) is 0 Å². The van der Waals surface area contributed by atoms with Gasteiger partial charge in [-0.15, -0.1) is 0 Å². The summed E-state index contributed by atoms with van der Waals surface area (Å²) in [4.78, 5) is 24.7. The van der Waals surface area contributed by atoms with Crippen molar-refractivity contribution in [2.75, 3.05) is 5.32 Å². The van der Waals surface area contributed by atoms with E-state index in [-0.39, 0.29) is 24.0 Å². The van der Waals surface area contributed by atoms with Gasteiger partial charge in [0.25, 0.3) is 5.91 Å². The van der Waals surface area contributed by atoms with E-state index in [0.29, 0.717) is 11.3 Å². The van der Waals surface area contributed by atoms with Crippen LogP contribution in [-0.4, -0.2) is 18.0 Å². The van der Waals surface area contributed by atoms with E-state index in [0.717, 1.165) is 18.4 Å². The summed E-state index contributed by atoms with van der Waals surface area (Å²) in [5.41, 5.74) is 2.18. The van der Waals surface area contributed by atoms with Crippen molar-refractivity contribution in [3.63, 3.8) is 0 Å². The van der Waals surface area contributed by atoms with Gasteiger partial charge in [-0.05, 0) is 43.5 Å². The van der Waals surface area contributed by atoms with E-state index in [1.54, 1.807) is 24.3 Å². The predicted molar refractivity (Wildman–Crippen MR) is 108 cm³/mol. The van der Waals surface area contributed by atoms with E-state index in [4.69, 9.17) is 0 Å². The fraction of sp³-hybridized carbons (Fsp3) is 0.364.